The van der Waals surface area contributed by atoms with Crippen molar-refractivity contribution in [2.75, 3.05) is 13.7 Å². The second-order valence-electron chi connectivity index (χ2n) is 5.14. The van der Waals surface area contributed by atoms with Gasteiger partial charge in [0.2, 0.25) is 5.89 Å². The van der Waals surface area contributed by atoms with Crippen LogP contribution in [0.5, 0.6) is 0 Å². The van der Waals surface area contributed by atoms with Crippen LogP contribution in [0.3, 0.4) is 0 Å². The molecule has 0 atom stereocenters. The molecule has 1 N–H and O–H groups in total. The maximum absolute atomic E-state index is 5.53. The topological polar surface area (TPSA) is 65.1 Å². The van der Waals surface area contributed by atoms with E-state index in [0.29, 0.717) is 25.6 Å². The van der Waals surface area contributed by atoms with Crippen molar-refractivity contribution in [3.63, 3.8) is 0 Å². The van der Waals surface area contributed by atoms with E-state index in [1.165, 1.54) is 0 Å². The van der Waals surface area contributed by atoms with Gasteiger partial charge in [-0.05, 0) is 12.1 Å². The van der Waals surface area contributed by atoms with Gasteiger partial charge in [-0.25, -0.2) is 9.97 Å². The number of hydrogen-bond acceptors (Lipinski definition) is 5. The minimum atomic E-state index is 0.632. The van der Waals surface area contributed by atoms with Crippen molar-refractivity contribution in [3.05, 3.63) is 60.5 Å². The minimum absolute atomic E-state index is 0.632. The van der Waals surface area contributed by atoms with Crippen molar-refractivity contribution in [2.24, 2.45) is 0 Å². The van der Waals surface area contributed by atoms with Crippen molar-refractivity contribution >= 4 is 0 Å². The quantitative estimate of drug-likeness (QED) is 0.692. The molecule has 0 radical (unpaired) electrons. The molecule has 0 spiro atoms. The second-order valence-corrected chi connectivity index (χ2v) is 5.14. The number of oxazole rings is 1. The van der Waals surface area contributed by atoms with Crippen LogP contribution in [-0.4, -0.2) is 28.3 Å². The van der Waals surface area contributed by atoms with Crippen LogP contribution >= 0.6 is 0 Å². The molecule has 3 rings (SSSR count). The molecular formula is C17H20N4O2. The molecule has 0 saturated carbocycles. The van der Waals surface area contributed by atoms with Crippen LogP contribution in [0.2, 0.25) is 0 Å². The van der Waals surface area contributed by atoms with E-state index in [0.717, 1.165) is 23.6 Å². The third kappa shape index (κ3) is 4.06. The molecular weight excluding hydrogens is 292 g/mol. The molecule has 0 unspecified atom stereocenters. The summed E-state index contributed by atoms with van der Waals surface area (Å²) in [5.74, 6) is 1.62. The summed E-state index contributed by atoms with van der Waals surface area (Å²) in [5, 5.41) is 3.34. The average molecular weight is 312 g/mol. The Morgan fingerprint density at radius 2 is 2.09 bits per heavy atom. The lowest BCUT2D eigenvalue weighted by atomic mass is 10.2. The molecule has 0 bridgehead atoms. The van der Waals surface area contributed by atoms with Gasteiger partial charge >= 0.3 is 0 Å². The number of ether oxygens (including phenoxy) is 1. The van der Waals surface area contributed by atoms with E-state index in [4.69, 9.17) is 9.15 Å². The summed E-state index contributed by atoms with van der Waals surface area (Å²) in [6, 6.07) is 9.88. The maximum atomic E-state index is 5.53. The third-order valence-corrected chi connectivity index (χ3v) is 3.50. The zero-order chi connectivity index (χ0) is 15.9. The summed E-state index contributed by atoms with van der Waals surface area (Å²) >= 11 is 0. The highest BCUT2D eigenvalue weighted by molar-refractivity contribution is 5.52. The molecule has 3 aromatic rings. The van der Waals surface area contributed by atoms with Gasteiger partial charge in [-0.2, -0.15) is 0 Å². The van der Waals surface area contributed by atoms with Crippen molar-refractivity contribution in [1.82, 2.24) is 19.9 Å². The van der Waals surface area contributed by atoms with E-state index in [2.05, 4.69) is 19.9 Å². The second kappa shape index (κ2) is 7.71. The number of nitrogens with zero attached hydrogens (tertiary/aromatic N) is 3. The Kier molecular flexibility index (Phi) is 5.18. The molecule has 0 amide bonds. The molecule has 2 aromatic heterocycles. The predicted molar refractivity (Wildman–Crippen MR) is 86.6 cm³/mol. The molecule has 0 saturated heterocycles. The molecule has 120 valence electrons. The number of imidazole rings is 1. The fourth-order valence-electron chi connectivity index (χ4n) is 2.30. The predicted octanol–water partition coefficient (Wildman–Crippen LogP) is 2.47. The van der Waals surface area contributed by atoms with Crippen LogP contribution in [0.15, 0.2) is 53.4 Å². The first-order valence-corrected chi connectivity index (χ1v) is 7.56. The van der Waals surface area contributed by atoms with E-state index < -0.39 is 0 Å². The number of hydrogen-bond donors (Lipinski definition) is 1. The Morgan fingerprint density at radius 3 is 2.91 bits per heavy atom. The Bertz CT molecular complexity index is 721. The van der Waals surface area contributed by atoms with Crippen molar-refractivity contribution in [1.29, 1.82) is 0 Å². The first-order valence-electron chi connectivity index (χ1n) is 7.56. The van der Waals surface area contributed by atoms with Crippen LogP contribution in [-0.2, 0) is 24.4 Å². The fraction of sp³-hybridized carbons (Fsp3) is 0.294. The number of rotatable bonds is 8. The molecule has 0 aliphatic heterocycles. The van der Waals surface area contributed by atoms with Gasteiger partial charge in [0.1, 0.15) is 12.1 Å². The summed E-state index contributed by atoms with van der Waals surface area (Å²) in [6.07, 6.45) is 5.45. The van der Waals surface area contributed by atoms with Gasteiger partial charge in [-0.1, -0.05) is 18.2 Å². The summed E-state index contributed by atoms with van der Waals surface area (Å²) in [5.41, 5.74) is 1.85. The van der Waals surface area contributed by atoms with E-state index in [9.17, 15) is 0 Å². The van der Waals surface area contributed by atoms with E-state index in [1.807, 2.05) is 36.5 Å². The van der Waals surface area contributed by atoms with Gasteiger partial charge < -0.3 is 19.0 Å². The lowest BCUT2D eigenvalue weighted by Gasteiger charge is -2.07. The van der Waals surface area contributed by atoms with E-state index in [-0.39, 0.29) is 0 Å². The molecule has 0 aliphatic carbocycles. The van der Waals surface area contributed by atoms with Gasteiger partial charge in [0.05, 0.1) is 18.8 Å². The van der Waals surface area contributed by atoms with Crippen LogP contribution < -0.4 is 5.32 Å². The number of benzene rings is 1. The summed E-state index contributed by atoms with van der Waals surface area (Å²) < 4.78 is 12.7. The van der Waals surface area contributed by atoms with Crippen molar-refractivity contribution < 1.29 is 9.15 Å². The Hall–Kier alpha value is -2.44. The highest BCUT2D eigenvalue weighted by Gasteiger charge is 2.07. The highest BCUT2D eigenvalue weighted by Crippen LogP contribution is 2.17. The Morgan fingerprint density at radius 1 is 1.22 bits per heavy atom. The molecule has 6 nitrogen and oxygen atoms in total. The van der Waals surface area contributed by atoms with Crippen LogP contribution in [0.4, 0.5) is 0 Å². The van der Waals surface area contributed by atoms with Crippen LogP contribution in [0, 0.1) is 0 Å². The molecule has 2 heterocycles. The number of aromatic nitrogens is 3. The standard InChI is InChI=1S/C17H20N4O2/c1-22-10-9-21-8-7-19-16(21)12-18-11-15-13-23-17(20-15)14-5-3-2-4-6-14/h2-8,13,18H,9-12H2,1H3. The first-order chi connectivity index (χ1) is 11.4. The largest absolute Gasteiger partial charge is 0.444 e. The van der Waals surface area contributed by atoms with Gasteiger partial charge in [0, 0.05) is 38.2 Å². The zero-order valence-electron chi connectivity index (χ0n) is 13.1. The lowest BCUT2D eigenvalue weighted by molar-refractivity contribution is 0.186. The molecule has 0 fully saturated rings. The Balaban J connectivity index is 1.54. The minimum Gasteiger partial charge on any atom is -0.444 e. The van der Waals surface area contributed by atoms with Crippen LogP contribution in [0.25, 0.3) is 11.5 Å². The summed E-state index contributed by atoms with van der Waals surface area (Å²) in [7, 11) is 1.70. The molecule has 1 aromatic carbocycles. The van der Waals surface area contributed by atoms with Crippen molar-refractivity contribution in [2.45, 2.75) is 19.6 Å². The smallest absolute Gasteiger partial charge is 0.226 e. The van der Waals surface area contributed by atoms with E-state index in [1.54, 1.807) is 19.6 Å². The normalized spacial score (nSPS) is 11.0. The zero-order valence-corrected chi connectivity index (χ0v) is 13.1. The van der Waals surface area contributed by atoms with Gasteiger partial charge in [-0.15, -0.1) is 0 Å². The van der Waals surface area contributed by atoms with Crippen molar-refractivity contribution in [3.8, 4) is 11.5 Å². The van der Waals surface area contributed by atoms with Gasteiger partial charge in [0.25, 0.3) is 0 Å². The fourth-order valence-corrected chi connectivity index (χ4v) is 2.30. The number of methoxy groups -OCH3 is 1. The first kappa shape index (κ1) is 15.5. The molecule has 23 heavy (non-hydrogen) atoms. The van der Waals surface area contributed by atoms with E-state index >= 15 is 0 Å². The summed E-state index contributed by atoms with van der Waals surface area (Å²) in [4.78, 5) is 8.85. The maximum Gasteiger partial charge on any atom is 0.226 e. The highest BCUT2D eigenvalue weighted by atomic mass is 16.5. The summed E-state index contributed by atoms with van der Waals surface area (Å²) in [6.45, 7) is 2.78. The third-order valence-electron chi connectivity index (χ3n) is 3.50. The van der Waals surface area contributed by atoms with Gasteiger partial charge in [-0.3, -0.25) is 0 Å². The SMILES string of the molecule is COCCn1ccnc1CNCc1coc(-c2ccccc2)n1. The molecule has 6 heteroatoms. The van der Waals surface area contributed by atoms with Crippen LogP contribution in [0.1, 0.15) is 11.5 Å². The monoisotopic (exact) mass is 312 g/mol. The molecule has 0 aliphatic rings. The van der Waals surface area contributed by atoms with Gasteiger partial charge in [0.15, 0.2) is 0 Å². The average Bonchev–Trinajstić information content (AvgIpc) is 3.23. The number of nitrogens with one attached hydrogen (secondary N) is 1. The Labute approximate surface area is 135 Å². The lowest BCUT2D eigenvalue weighted by Crippen LogP contribution is -2.17.